The van der Waals surface area contributed by atoms with Crippen LogP contribution in [0.15, 0.2) is 24.3 Å². The van der Waals surface area contributed by atoms with E-state index in [0.717, 1.165) is 13.1 Å². The van der Waals surface area contributed by atoms with E-state index in [4.69, 9.17) is 4.74 Å². The number of ether oxygens (including phenoxy) is 1. The lowest BCUT2D eigenvalue weighted by molar-refractivity contribution is 0.0231. The predicted molar refractivity (Wildman–Crippen MR) is 77.3 cm³/mol. The van der Waals surface area contributed by atoms with Crippen LogP contribution in [0.3, 0.4) is 0 Å². The molecule has 2 aliphatic rings. The van der Waals surface area contributed by atoms with Crippen LogP contribution in [0.1, 0.15) is 30.0 Å². The van der Waals surface area contributed by atoms with Crippen LogP contribution in [0.2, 0.25) is 0 Å². The quantitative estimate of drug-likeness (QED) is 0.899. The Bertz CT molecular complexity index is 427. The molecule has 3 heteroatoms. The molecule has 1 aromatic carbocycles. The third-order valence-electron chi connectivity index (χ3n) is 4.79. The summed E-state index contributed by atoms with van der Waals surface area (Å²) in [5.41, 5.74) is 3.00. The van der Waals surface area contributed by atoms with Crippen molar-refractivity contribution in [1.82, 2.24) is 10.2 Å². The summed E-state index contributed by atoms with van der Waals surface area (Å²) >= 11 is 0. The second-order valence-electron chi connectivity index (χ2n) is 5.71. The normalized spacial score (nSPS) is 28.5. The van der Waals surface area contributed by atoms with E-state index >= 15 is 0 Å². The number of nitrogens with zero attached hydrogens (tertiary/aromatic N) is 1. The third-order valence-corrected chi connectivity index (χ3v) is 4.79. The number of benzene rings is 1. The summed E-state index contributed by atoms with van der Waals surface area (Å²) in [6.07, 6.45) is 3.98. The molecule has 104 valence electrons. The van der Waals surface area contributed by atoms with Gasteiger partial charge in [-0.25, -0.2) is 0 Å². The summed E-state index contributed by atoms with van der Waals surface area (Å²) in [7, 11) is 3.92. The smallest absolute Gasteiger partial charge is 0.0595 e. The Morgan fingerprint density at radius 3 is 2.63 bits per heavy atom. The van der Waals surface area contributed by atoms with Gasteiger partial charge in [0.2, 0.25) is 0 Å². The molecule has 1 heterocycles. The first kappa shape index (κ1) is 13.1. The molecule has 0 bridgehead atoms. The molecule has 0 amide bonds. The van der Waals surface area contributed by atoms with Crippen LogP contribution in [0.4, 0.5) is 0 Å². The van der Waals surface area contributed by atoms with Gasteiger partial charge in [-0.2, -0.15) is 0 Å². The van der Waals surface area contributed by atoms with Crippen LogP contribution in [0, 0.1) is 0 Å². The van der Waals surface area contributed by atoms with Crippen molar-refractivity contribution in [2.24, 2.45) is 0 Å². The van der Waals surface area contributed by atoms with Crippen LogP contribution < -0.4 is 5.32 Å². The lowest BCUT2D eigenvalue weighted by atomic mass is 10.0. The Morgan fingerprint density at radius 2 is 1.95 bits per heavy atom. The number of hydrogen-bond donors (Lipinski definition) is 1. The maximum atomic E-state index is 5.47. The number of likely N-dealkylation sites (N-methyl/N-ethyl adjacent to an activating group) is 1. The van der Waals surface area contributed by atoms with Crippen LogP contribution in [-0.4, -0.2) is 44.3 Å². The van der Waals surface area contributed by atoms with Crippen molar-refractivity contribution in [3.05, 3.63) is 35.4 Å². The van der Waals surface area contributed by atoms with Gasteiger partial charge in [-0.3, -0.25) is 4.90 Å². The molecule has 1 fully saturated rings. The average Bonchev–Trinajstić information content (AvgIpc) is 2.85. The van der Waals surface area contributed by atoms with Gasteiger partial charge in [-0.1, -0.05) is 24.3 Å². The summed E-state index contributed by atoms with van der Waals surface area (Å²) in [5.74, 6) is 0. The van der Waals surface area contributed by atoms with Crippen LogP contribution in [-0.2, 0) is 11.2 Å². The molecule has 2 unspecified atom stereocenters. The first-order valence-electron chi connectivity index (χ1n) is 7.35. The van der Waals surface area contributed by atoms with E-state index in [1.807, 2.05) is 7.11 Å². The van der Waals surface area contributed by atoms with Gasteiger partial charge in [0, 0.05) is 32.3 Å². The molecule has 1 N–H and O–H groups in total. The summed E-state index contributed by atoms with van der Waals surface area (Å²) in [4.78, 5) is 2.65. The molecule has 0 spiro atoms. The number of fused-ring (bicyclic) bond motifs is 1. The van der Waals surface area contributed by atoms with E-state index < -0.39 is 0 Å². The molecular formula is C16H24N2O. The molecule has 1 saturated heterocycles. The zero-order chi connectivity index (χ0) is 13.2. The summed E-state index contributed by atoms with van der Waals surface area (Å²) < 4.78 is 5.47. The standard InChI is InChI=1S/C16H24N2O/c1-17-16-14-6-4-3-5-12(14)11-15(16)18-9-7-13(19-2)8-10-18/h3-6,13,15-17H,7-11H2,1-2H3. The second kappa shape index (κ2) is 5.61. The monoisotopic (exact) mass is 260 g/mol. The lowest BCUT2D eigenvalue weighted by Crippen LogP contribution is -2.47. The van der Waals surface area contributed by atoms with Gasteiger partial charge in [0.15, 0.2) is 0 Å². The molecule has 0 saturated carbocycles. The first-order chi connectivity index (χ1) is 9.33. The Hall–Kier alpha value is -0.900. The highest BCUT2D eigenvalue weighted by Gasteiger charge is 2.36. The number of hydrogen-bond acceptors (Lipinski definition) is 3. The fraction of sp³-hybridized carbons (Fsp3) is 0.625. The SMILES string of the molecule is CNC1c2ccccc2CC1N1CCC(OC)CC1. The minimum absolute atomic E-state index is 0.466. The highest BCUT2D eigenvalue weighted by Crippen LogP contribution is 2.35. The predicted octanol–water partition coefficient (Wildman–Crippen LogP) is 1.98. The highest BCUT2D eigenvalue weighted by atomic mass is 16.5. The van der Waals surface area contributed by atoms with Crippen molar-refractivity contribution in [2.75, 3.05) is 27.2 Å². The minimum Gasteiger partial charge on any atom is -0.381 e. The molecule has 0 aromatic heterocycles. The van der Waals surface area contributed by atoms with E-state index in [0.29, 0.717) is 18.2 Å². The van der Waals surface area contributed by atoms with E-state index in [1.165, 1.54) is 30.4 Å². The van der Waals surface area contributed by atoms with Crippen LogP contribution >= 0.6 is 0 Å². The van der Waals surface area contributed by atoms with Gasteiger partial charge in [0.1, 0.15) is 0 Å². The van der Waals surface area contributed by atoms with Crippen LogP contribution in [0.5, 0.6) is 0 Å². The van der Waals surface area contributed by atoms with Gasteiger partial charge in [-0.05, 0) is 37.4 Å². The van der Waals surface area contributed by atoms with Crippen molar-refractivity contribution in [3.63, 3.8) is 0 Å². The van der Waals surface area contributed by atoms with E-state index in [9.17, 15) is 0 Å². The molecule has 1 aliphatic carbocycles. The van der Waals surface area contributed by atoms with Crippen LogP contribution in [0.25, 0.3) is 0 Å². The van der Waals surface area contributed by atoms with Gasteiger partial charge in [0.25, 0.3) is 0 Å². The van der Waals surface area contributed by atoms with Gasteiger partial charge >= 0.3 is 0 Å². The molecule has 3 nitrogen and oxygen atoms in total. The fourth-order valence-corrected chi connectivity index (χ4v) is 3.70. The molecule has 1 aliphatic heterocycles. The number of piperidine rings is 1. The number of nitrogens with one attached hydrogen (secondary N) is 1. The molecule has 2 atom stereocenters. The van der Waals surface area contributed by atoms with Crippen molar-refractivity contribution in [1.29, 1.82) is 0 Å². The fourth-order valence-electron chi connectivity index (χ4n) is 3.70. The topological polar surface area (TPSA) is 24.5 Å². The molecular weight excluding hydrogens is 236 g/mol. The zero-order valence-corrected chi connectivity index (χ0v) is 11.9. The summed E-state index contributed by atoms with van der Waals surface area (Å²) in [5, 5.41) is 3.52. The number of rotatable bonds is 3. The molecule has 0 radical (unpaired) electrons. The van der Waals surface area contributed by atoms with Gasteiger partial charge < -0.3 is 10.1 Å². The zero-order valence-electron chi connectivity index (χ0n) is 11.9. The number of likely N-dealkylation sites (tertiary alicyclic amines) is 1. The Morgan fingerprint density at radius 1 is 1.21 bits per heavy atom. The van der Waals surface area contributed by atoms with Crippen molar-refractivity contribution < 1.29 is 4.74 Å². The Labute approximate surface area is 115 Å². The van der Waals surface area contributed by atoms with Gasteiger partial charge in [-0.15, -0.1) is 0 Å². The van der Waals surface area contributed by atoms with E-state index in [2.05, 4.69) is 41.5 Å². The van der Waals surface area contributed by atoms with E-state index in [-0.39, 0.29) is 0 Å². The van der Waals surface area contributed by atoms with Crippen molar-refractivity contribution >= 4 is 0 Å². The lowest BCUT2D eigenvalue weighted by Gasteiger charge is -2.38. The van der Waals surface area contributed by atoms with E-state index in [1.54, 1.807) is 0 Å². The molecule has 1 aromatic rings. The van der Waals surface area contributed by atoms with Gasteiger partial charge in [0.05, 0.1) is 6.10 Å². The Balaban J connectivity index is 1.73. The second-order valence-corrected chi connectivity index (χ2v) is 5.71. The number of methoxy groups -OCH3 is 1. The molecule has 3 rings (SSSR count). The maximum absolute atomic E-state index is 5.47. The average molecular weight is 260 g/mol. The highest BCUT2D eigenvalue weighted by molar-refractivity contribution is 5.37. The minimum atomic E-state index is 0.466. The largest absolute Gasteiger partial charge is 0.381 e. The summed E-state index contributed by atoms with van der Waals surface area (Å²) in [6, 6.07) is 9.96. The third kappa shape index (κ3) is 2.42. The van der Waals surface area contributed by atoms with Crippen molar-refractivity contribution in [3.8, 4) is 0 Å². The maximum Gasteiger partial charge on any atom is 0.0595 e. The Kier molecular flexibility index (Phi) is 3.87. The summed E-state index contributed by atoms with van der Waals surface area (Å²) in [6.45, 7) is 2.32. The first-order valence-corrected chi connectivity index (χ1v) is 7.35. The van der Waals surface area contributed by atoms with Crippen molar-refractivity contribution in [2.45, 2.75) is 37.5 Å². The molecule has 19 heavy (non-hydrogen) atoms.